The van der Waals surface area contributed by atoms with E-state index in [1.54, 1.807) is 0 Å². The second-order valence-electron chi connectivity index (χ2n) is 6.57. The Labute approximate surface area is 164 Å². The van der Waals surface area contributed by atoms with E-state index in [9.17, 15) is 22.0 Å². The molecule has 146 valence electrons. The minimum atomic E-state index is -3.81. The van der Waals surface area contributed by atoms with Crippen LogP contribution in [0.25, 0.3) is 11.0 Å². The molecule has 4 rings (SSSR count). The van der Waals surface area contributed by atoms with Gasteiger partial charge in [-0.3, -0.25) is 9.52 Å². The van der Waals surface area contributed by atoms with Crippen LogP contribution in [0.5, 0.6) is 0 Å². The number of rotatable bonds is 5. The number of nitrogens with zero attached hydrogens (tertiary/aromatic N) is 1. The van der Waals surface area contributed by atoms with E-state index in [2.05, 4.69) is 14.7 Å². The molecule has 1 aromatic carbocycles. The van der Waals surface area contributed by atoms with Crippen LogP contribution < -0.4 is 4.72 Å². The third-order valence-corrected chi connectivity index (χ3v) is 6.86. The third-order valence-electron chi connectivity index (χ3n) is 4.80. The smallest absolute Gasteiger partial charge is 0.235 e. The number of H-pyrrole nitrogens is 1. The van der Waals surface area contributed by atoms with Crippen LogP contribution in [0, 0.1) is 11.6 Å². The van der Waals surface area contributed by atoms with E-state index in [1.165, 1.54) is 18.5 Å². The number of ketones is 1. The fraction of sp³-hybridized carbons (Fsp3) is 0.222. The number of sulfonamides is 1. The van der Waals surface area contributed by atoms with Gasteiger partial charge in [0, 0.05) is 23.3 Å². The number of pyridine rings is 1. The number of carbonyl (C=O) groups is 1. The number of anilines is 1. The lowest BCUT2D eigenvalue weighted by Gasteiger charge is -2.25. The van der Waals surface area contributed by atoms with Gasteiger partial charge in [-0.2, -0.15) is 0 Å². The number of carbonyl (C=O) groups excluding carboxylic acids is 1. The van der Waals surface area contributed by atoms with Gasteiger partial charge in [-0.05, 0) is 31.0 Å². The largest absolute Gasteiger partial charge is 0.345 e. The van der Waals surface area contributed by atoms with Gasteiger partial charge in [0.1, 0.15) is 11.5 Å². The molecule has 0 saturated heterocycles. The van der Waals surface area contributed by atoms with E-state index >= 15 is 0 Å². The second kappa shape index (κ2) is 6.82. The summed E-state index contributed by atoms with van der Waals surface area (Å²) in [4.78, 5) is 19.6. The van der Waals surface area contributed by atoms with Crippen molar-refractivity contribution in [2.24, 2.45) is 0 Å². The molecule has 2 aromatic heterocycles. The van der Waals surface area contributed by atoms with Crippen molar-refractivity contribution in [1.82, 2.24) is 9.97 Å². The lowest BCUT2D eigenvalue weighted by atomic mass is 10.0. The van der Waals surface area contributed by atoms with Crippen molar-refractivity contribution in [2.45, 2.75) is 24.5 Å². The number of nitrogens with one attached hydrogen (secondary N) is 2. The van der Waals surface area contributed by atoms with E-state index in [0.717, 1.165) is 18.6 Å². The molecule has 6 nitrogen and oxygen atoms in total. The predicted molar refractivity (Wildman–Crippen MR) is 101 cm³/mol. The van der Waals surface area contributed by atoms with E-state index in [-0.39, 0.29) is 10.6 Å². The van der Waals surface area contributed by atoms with Gasteiger partial charge < -0.3 is 4.98 Å². The van der Waals surface area contributed by atoms with Gasteiger partial charge in [0.2, 0.25) is 15.8 Å². The summed E-state index contributed by atoms with van der Waals surface area (Å²) in [6, 6.07) is 3.27. The van der Waals surface area contributed by atoms with Crippen LogP contribution in [0.15, 0.2) is 30.6 Å². The first-order valence-electron chi connectivity index (χ1n) is 8.45. The zero-order valence-electron chi connectivity index (χ0n) is 14.3. The van der Waals surface area contributed by atoms with Crippen molar-refractivity contribution < 1.29 is 22.0 Å². The van der Waals surface area contributed by atoms with Gasteiger partial charge >= 0.3 is 0 Å². The number of aromatic amines is 1. The van der Waals surface area contributed by atoms with Crippen LogP contribution in [0.1, 0.15) is 35.2 Å². The number of fused-ring (bicyclic) bond motifs is 1. The summed E-state index contributed by atoms with van der Waals surface area (Å²) in [7, 11) is -3.81. The van der Waals surface area contributed by atoms with Crippen LogP contribution in [0.4, 0.5) is 14.5 Å². The fourth-order valence-corrected chi connectivity index (χ4v) is 4.80. The molecule has 0 radical (unpaired) electrons. The molecule has 0 aliphatic heterocycles. The lowest BCUT2D eigenvalue weighted by Crippen LogP contribution is -2.33. The molecule has 0 amide bonds. The minimum absolute atomic E-state index is 0.0261. The van der Waals surface area contributed by atoms with Crippen LogP contribution in [-0.4, -0.2) is 29.4 Å². The van der Waals surface area contributed by atoms with Gasteiger partial charge in [0.25, 0.3) is 0 Å². The molecule has 0 bridgehead atoms. The van der Waals surface area contributed by atoms with Gasteiger partial charge in [0.05, 0.1) is 21.5 Å². The summed E-state index contributed by atoms with van der Waals surface area (Å²) < 4.78 is 55.9. The molecule has 1 aliphatic carbocycles. The first kappa shape index (κ1) is 18.8. The second-order valence-corrected chi connectivity index (χ2v) is 8.96. The molecule has 10 heteroatoms. The van der Waals surface area contributed by atoms with Crippen LogP contribution in [-0.2, 0) is 10.0 Å². The normalized spacial score (nSPS) is 14.8. The lowest BCUT2D eigenvalue weighted by molar-refractivity contribution is 0.103. The van der Waals surface area contributed by atoms with Crippen molar-refractivity contribution in [3.8, 4) is 0 Å². The maximum Gasteiger partial charge on any atom is 0.235 e. The molecule has 1 aliphatic rings. The molecule has 1 saturated carbocycles. The zero-order valence-corrected chi connectivity index (χ0v) is 15.9. The Morgan fingerprint density at radius 1 is 1.29 bits per heavy atom. The molecule has 2 heterocycles. The molecular weight excluding hydrogens is 412 g/mol. The Kier molecular flexibility index (Phi) is 4.59. The number of hydrogen-bond acceptors (Lipinski definition) is 4. The average molecular weight is 426 g/mol. The molecule has 28 heavy (non-hydrogen) atoms. The quantitative estimate of drug-likeness (QED) is 0.604. The summed E-state index contributed by atoms with van der Waals surface area (Å²) >= 11 is 5.89. The van der Waals surface area contributed by atoms with Gasteiger partial charge in [-0.15, -0.1) is 0 Å². The van der Waals surface area contributed by atoms with Crippen molar-refractivity contribution in [1.29, 1.82) is 0 Å². The molecule has 3 aromatic rings. The third kappa shape index (κ3) is 3.14. The van der Waals surface area contributed by atoms with Crippen molar-refractivity contribution in [3.05, 3.63) is 58.4 Å². The van der Waals surface area contributed by atoms with Crippen LogP contribution in [0.3, 0.4) is 0 Å². The Balaban J connectivity index is 1.76. The summed E-state index contributed by atoms with van der Waals surface area (Å²) in [5.74, 6) is -3.31. The topological polar surface area (TPSA) is 91.9 Å². The number of benzene rings is 1. The van der Waals surface area contributed by atoms with E-state index in [1.807, 2.05) is 0 Å². The summed E-state index contributed by atoms with van der Waals surface area (Å²) in [5.41, 5.74) is -1.01. The summed E-state index contributed by atoms with van der Waals surface area (Å²) in [6.45, 7) is 0. The standard InChI is InChI=1S/C18H14ClF2N3O3S/c19-9-6-11-12(8-23-18(11)22-7-9)17(25)15-13(20)4-5-14(16(15)21)24-28(26,27)10-2-1-3-10/h4-8,10,24H,1-3H2,(H,22,23). The first-order valence-corrected chi connectivity index (χ1v) is 10.4. The predicted octanol–water partition coefficient (Wildman–Crippen LogP) is 4.02. The maximum atomic E-state index is 14.9. The van der Waals surface area contributed by atoms with E-state index < -0.39 is 43.9 Å². The average Bonchev–Trinajstić information content (AvgIpc) is 2.98. The number of aromatic nitrogens is 2. The van der Waals surface area contributed by atoms with Gasteiger partial charge in [0.15, 0.2) is 5.82 Å². The minimum Gasteiger partial charge on any atom is -0.345 e. The Morgan fingerprint density at radius 2 is 2.04 bits per heavy atom. The monoisotopic (exact) mass is 425 g/mol. The molecular formula is C18H14ClF2N3O3S. The van der Waals surface area contributed by atoms with Gasteiger partial charge in [-0.1, -0.05) is 18.0 Å². The number of hydrogen-bond donors (Lipinski definition) is 2. The maximum absolute atomic E-state index is 14.9. The Morgan fingerprint density at radius 3 is 2.71 bits per heavy atom. The summed E-state index contributed by atoms with van der Waals surface area (Å²) in [6.07, 6.45) is 4.38. The highest BCUT2D eigenvalue weighted by atomic mass is 35.5. The molecule has 1 fully saturated rings. The SMILES string of the molecule is O=C(c1c(F)ccc(NS(=O)(=O)C2CCC2)c1F)c1c[nH]c2ncc(Cl)cc12. The summed E-state index contributed by atoms with van der Waals surface area (Å²) in [5, 5.41) is -0.0567. The van der Waals surface area contributed by atoms with Crippen molar-refractivity contribution >= 4 is 44.1 Å². The van der Waals surface area contributed by atoms with Gasteiger partial charge in [-0.25, -0.2) is 22.2 Å². The highest BCUT2D eigenvalue weighted by Gasteiger charge is 2.33. The Hall–Kier alpha value is -2.52. The highest BCUT2D eigenvalue weighted by molar-refractivity contribution is 7.93. The fourth-order valence-electron chi connectivity index (χ4n) is 3.06. The molecule has 0 unspecified atom stereocenters. The molecule has 2 N–H and O–H groups in total. The zero-order chi connectivity index (χ0) is 20.1. The van der Waals surface area contributed by atoms with Crippen LogP contribution in [0.2, 0.25) is 5.02 Å². The van der Waals surface area contributed by atoms with Crippen molar-refractivity contribution in [2.75, 3.05) is 4.72 Å². The van der Waals surface area contributed by atoms with E-state index in [0.29, 0.717) is 23.9 Å². The molecule has 0 spiro atoms. The Bertz CT molecular complexity index is 1210. The molecule has 0 atom stereocenters. The van der Waals surface area contributed by atoms with E-state index in [4.69, 9.17) is 11.6 Å². The first-order chi connectivity index (χ1) is 13.3. The number of halogens is 3. The van der Waals surface area contributed by atoms with Crippen molar-refractivity contribution in [3.63, 3.8) is 0 Å². The highest BCUT2D eigenvalue weighted by Crippen LogP contribution is 2.31. The van der Waals surface area contributed by atoms with Crippen LogP contribution >= 0.6 is 11.6 Å².